The number of thiazole rings is 1. The Labute approximate surface area is 140 Å². The molecule has 0 aliphatic heterocycles. The number of aliphatic hydroxyl groups is 1. The third-order valence-electron chi connectivity index (χ3n) is 3.58. The number of ether oxygens (including phenoxy) is 1. The van der Waals surface area contributed by atoms with Crippen LogP contribution in [0.5, 0.6) is 0 Å². The van der Waals surface area contributed by atoms with Crippen molar-refractivity contribution in [2.45, 2.75) is 26.5 Å². The Morgan fingerprint density at radius 1 is 1.39 bits per heavy atom. The Balaban J connectivity index is 2.22. The number of hydrogen-bond acceptors (Lipinski definition) is 5. The number of amides is 1. The molecule has 1 amide bonds. The fourth-order valence-electron chi connectivity index (χ4n) is 2.21. The molecule has 1 unspecified atom stereocenters. The van der Waals surface area contributed by atoms with Crippen molar-refractivity contribution < 1.29 is 14.6 Å². The molecule has 2 rings (SSSR count). The number of carbonyl (C=O) groups excluding carboxylic acids is 1. The summed E-state index contributed by atoms with van der Waals surface area (Å²) in [6.45, 7) is 4.42. The van der Waals surface area contributed by atoms with Crippen molar-refractivity contribution in [3.05, 3.63) is 51.5 Å². The first-order chi connectivity index (χ1) is 11.1. The Kier molecular flexibility index (Phi) is 6.27. The van der Waals surface area contributed by atoms with Gasteiger partial charge in [-0.3, -0.25) is 4.79 Å². The lowest BCUT2D eigenvalue weighted by Gasteiger charge is -2.21. The van der Waals surface area contributed by atoms with Crippen LogP contribution in [0, 0.1) is 6.92 Å². The van der Waals surface area contributed by atoms with Gasteiger partial charge in [-0.15, -0.1) is 11.3 Å². The lowest BCUT2D eigenvalue weighted by molar-refractivity contribution is 0.0711. The first-order valence-corrected chi connectivity index (χ1v) is 8.32. The van der Waals surface area contributed by atoms with Crippen molar-refractivity contribution in [3.8, 4) is 0 Å². The zero-order valence-corrected chi connectivity index (χ0v) is 14.5. The van der Waals surface area contributed by atoms with E-state index < -0.39 is 0 Å². The highest BCUT2D eigenvalue weighted by Gasteiger charge is 2.23. The van der Waals surface area contributed by atoms with Gasteiger partial charge in [-0.25, -0.2) is 4.98 Å². The zero-order chi connectivity index (χ0) is 16.8. The molecule has 1 aromatic carbocycles. The normalized spacial score (nSPS) is 12.2. The predicted molar refractivity (Wildman–Crippen MR) is 90.5 cm³/mol. The Hall–Kier alpha value is -1.76. The van der Waals surface area contributed by atoms with Crippen molar-refractivity contribution >= 4 is 17.2 Å². The van der Waals surface area contributed by atoms with Gasteiger partial charge in [-0.05, 0) is 19.4 Å². The molecule has 1 N–H and O–H groups in total. The summed E-state index contributed by atoms with van der Waals surface area (Å²) in [7, 11) is 1.62. The van der Waals surface area contributed by atoms with Crippen LogP contribution in [0.25, 0.3) is 0 Å². The summed E-state index contributed by atoms with van der Waals surface area (Å²) in [6, 6.07) is 9.75. The second-order valence-electron chi connectivity index (χ2n) is 5.28. The Bertz CT molecular complexity index is 643. The van der Waals surface area contributed by atoms with E-state index in [1.54, 1.807) is 12.0 Å². The van der Waals surface area contributed by atoms with Crippen LogP contribution in [-0.2, 0) is 11.3 Å². The number of aromatic nitrogens is 1. The summed E-state index contributed by atoms with van der Waals surface area (Å²) in [4.78, 5) is 19.5. The topological polar surface area (TPSA) is 62.7 Å². The second kappa shape index (κ2) is 8.19. The van der Waals surface area contributed by atoms with Gasteiger partial charge >= 0.3 is 0 Å². The van der Waals surface area contributed by atoms with Crippen LogP contribution in [0.1, 0.15) is 39.0 Å². The lowest BCUT2D eigenvalue weighted by atomic mass is 10.2. The molecule has 0 bridgehead atoms. The van der Waals surface area contributed by atoms with E-state index in [4.69, 9.17) is 4.74 Å². The summed E-state index contributed by atoms with van der Waals surface area (Å²) < 4.78 is 5.27. The van der Waals surface area contributed by atoms with Gasteiger partial charge in [0.2, 0.25) is 0 Å². The molecule has 6 heteroatoms. The average Bonchev–Trinajstić information content (AvgIpc) is 2.96. The van der Waals surface area contributed by atoms with Crippen molar-refractivity contribution in [1.82, 2.24) is 9.88 Å². The molecule has 1 aromatic heterocycles. The van der Waals surface area contributed by atoms with E-state index in [2.05, 4.69) is 4.98 Å². The Morgan fingerprint density at radius 3 is 2.70 bits per heavy atom. The zero-order valence-electron chi connectivity index (χ0n) is 13.7. The summed E-state index contributed by atoms with van der Waals surface area (Å²) in [5.41, 5.74) is 1.73. The molecule has 23 heavy (non-hydrogen) atoms. The number of benzene rings is 1. The smallest absolute Gasteiger partial charge is 0.266 e. The van der Waals surface area contributed by atoms with Crippen LogP contribution in [0.3, 0.4) is 0 Å². The molecule has 0 radical (unpaired) electrons. The van der Waals surface area contributed by atoms with E-state index >= 15 is 0 Å². The standard InChI is InChI=1S/C17H22N2O3S/c1-12-15(23-16(18-12)13(2)22-3)17(21)19(9-10-20)11-14-7-5-4-6-8-14/h4-8,13,20H,9-11H2,1-3H3. The van der Waals surface area contributed by atoms with E-state index in [0.717, 1.165) is 10.6 Å². The molecule has 0 aliphatic rings. The van der Waals surface area contributed by atoms with Crippen LogP contribution in [-0.4, -0.2) is 41.2 Å². The Morgan fingerprint density at radius 2 is 2.09 bits per heavy atom. The van der Waals surface area contributed by atoms with Gasteiger partial charge in [0, 0.05) is 20.2 Å². The highest BCUT2D eigenvalue weighted by Crippen LogP contribution is 2.26. The van der Waals surface area contributed by atoms with Crippen molar-refractivity contribution in [2.75, 3.05) is 20.3 Å². The number of methoxy groups -OCH3 is 1. The molecular weight excluding hydrogens is 312 g/mol. The maximum Gasteiger partial charge on any atom is 0.266 e. The molecule has 124 valence electrons. The van der Waals surface area contributed by atoms with Crippen LogP contribution in [0.2, 0.25) is 0 Å². The van der Waals surface area contributed by atoms with E-state index in [9.17, 15) is 9.90 Å². The van der Waals surface area contributed by atoms with Crippen molar-refractivity contribution in [3.63, 3.8) is 0 Å². The largest absolute Gasteiger partial charge is 0.395 e. The first-order valence-electron chi connectivity index (χ1n) is 7.51. The molecule has 0 aliphatic carbocycles. The van der Waals surface area contributed by atoms with E-state index in [1.807, 2.05) is 44.2 Å². The highest BCUT2D eigenvalue weighted by atomic mass is 32.1. The summed E-state index contributed by atoms with van der Waals surface area (Å²) in [5.74, 6) is -0.104. The molecule has 5 nitrogen and oxygen atoms in total. The van der Waals surface area contributed by atoms with Crippen molar-refractivity contribution in [2.24, 2.45) is 0 Å². The number of rotatable bonds is 7. The quantitative estimate of drug-likeness (QED) is 0.846. The third-order valence-corrected chi connectivity index (χ3v) is 4.89. The fourth-order valence-corrected chi connectivity index (χ4v) is 3.27. The van der Waals surface area contributed by atoms with Gasteiger partial charge in [0.1, 0.15) is 16.0 Å². The maximum absolute atomic E-state index is 12.8. The van der Waals surface area contributed by atoms with Crippen LogP contribution < -0.4 is 0 Å². The second-order valence-corrected chi connectivity index (χ2v) is 6.31. The molecule has 1 heterocycles. The molecule has 0 fully saturated rings. The minimum Gasteiger partial charge on any atom is -0.395 e. The first kappa shape index (κ1) is 17.6. The SMILES string of the molecule is COC(C)c1nc(C)c(C(=O)N(CCO)Cc2ccccc2)s1. The minimum absolute atomic E-state index is 0.0717. The predicted octanol–water partition coefficient (Wildman–Crippen LogP) is 2.79. The number of aliphatic hydroxyl groups excluding tert-OH is 1. The summed E-state index contributed by atoms with van der Waals surface area (Å²) in [6.07, 6.45) is -0.138. The van der Waals surface area contributed by atoms with Gasteiger partial charge in [-0.1, -0.05) is 30.3 Å². The lowest BCUT2D eigenvalue weighted by Crippen LogP contribution is -2.33. The van der Waals surface area contributed by atoms with Gasteiger partial charge in [-0.2, -0.15) is 0 Å². The van der Waals surface area contributed by atoms with Gasteiger partial charge in [0.05, 0.1) is 12.3 Å². The molecule has 0 saturated heterocycles. The highest BCUT2D eigenvalue weighted by molar-refractivity contribution is 7.13. The summed E-state index contributed by atoms with van der Waals surface area (Å²) >= 11 is 1.36. The summed E-state index contributed by atoms with van der Waals surface area (Å²) in [5, 5.41) is 10.1. The average molecular weight is 334 g/mol. The van der Waals surface area contributed by atoms with Crippen LogP contribution in [0.15, 0.2) is 30.3 Å². The van der Waals surface area contributed by atoms with Gasteiger partial charge in [0.25, 0.3) is 5.91 Å². The molecule has 0 spiro atoms. The monoisotopic (exact) mass is 334 g/mol. The third kappa shape index (κ3) is 4.37. The number of aryl methyl sites for hydroxylation is 1. The van der Waals surface area contributed by atoms with Gasteiger partial charge < -0.3 is 14.7 Å². The maximum atomic E-state index is 12.8. The fraction of sp³-hybridized carbons (Fsp3) is 0.412. The van der Waals surface area contributed by atoms with E-state index in [-0.39, 0.29) is 18.6 Å². The van der Waals surface area contributed by atoms with E-state index in [1.165, 1.54) is 11.3 Å². The van der Waals surface area contributed by atoms with Gasteiger partial charge in [0.15, 0.2) is 0 Å². The molecule has 1 atom stereocenters. The van der Waals surface area contributed by atoms with Crippen LogP contribution in [0.4, 0.5) is 0 Å². The molecule has 2 aromatic rings. The van der Waals surface area contributed by atoms with Crippen molar-refractivity contribution in [1.29, 1.82) is 0 Å². The number of carbonyl (C=O) groups is 1. The molecular formula is C17H22N2O3S. The number of nitrogens with zero attached hydrogens (tertiary/aromatic N) is 2. The molecule has 0 saturated carbocycles. The van der Waals surface area contributed by atoms with Crippen LogP contribution >= 0.6 is 11.3 Å². The van der Waals surface area contributed by atoms with E-state index in [0.29, 0.717) is 23.7 Å². The number of hydrogen-bond donors (Lipinski definition) is 1. The minimum atomic E-state index is -0.138.